The molecule has 0 heterocycles. The van der Waals surface area contributed by atoms with Gasteiger partial charge >= 0.3 is 0 Å². The van der Waals surface area contributed by atoms with E-state index < -0.39 is 0 Å². The number of hydrogen-bond acceptors (Lipinski definition) is 0. The van der Waals surface area contributed by atoms with Crippen molar-refractivity contribution in [2.45, 2.75) is 26.7 Å². The molecule has 0 aromatic rings. The summed E-state index contributed by atoms with van der Waals surface area (Å²) in [6, 6.07) is 0. The van der Waals surface area contributed by atoms with Crippen LogP contribution in [0.15, 0.2) is 0 Å². The monoisotopic (exact) mass is 120 g/mol. The Morgan fingerprint density at radius 2 is 1.57 bits per heavy atom. The predicted molar refractivity (Wildman–Crippen MR) is 40.7 cm³/mol. The first kappa shape index (κ1) is 7.43. The number of hydrogen-bond donors (Lipinski definition) is 0. The fraction of sp³-hybridized carbons (Fsp3) is 1.00. The highest BCUT2D eigenvalue weighted by Crippen LogP contribution is 2.10. The van der Waals surface area contributed by atoms with Gasteiger partial charge in [0.25, 0.3) is 0 Å². The van der Waals surface area contributed by atoms with Crippen LogP contribution in [0.25, 0.3) is 0 Å². The Morgan fingerprint density at radius 3 is 1.86 bits per heavy atom. The van der Waals surface area contributed by atoms with E-state index in [2.05, 4.69) is 13.8 Å². The van der Waals surface area contributed by atoms with Crippen molar-refractivity contribution < 1.29 is 1.43 Å². The normalized spacial score (nSPS) is 9.43. The van der Waals surface area contributed by atoms with Crippen LogP contribution in [0.3, 0.4) is 0 Å². The highest BCUT2D eigenvalue weighted by molar-refractivity contribution is 7.37. The van der Waals surface area contributed by atoms with Crippen LogP contribution in [-0.2, 0) is 0 Å². The van der Waals surface area contributed by atoms with Crippen LogP contribution >= 0.6 is 8.58 Å². The van der Waals surface area contributed by atoms with Gasteiger partial charge in [-0.15, -0.1) is 8.58 Å². The van der Waals surface area contributed by atoms with Gasteiger partial charge in [0.05, 0.1) is 0 Å². The van der Waals surface area contributed by atoms with Crippen molar-refractivity contribution in [2.75, 3.05) is 12.3 Å². The van der Waals surface area contributed by atoms with Crippen LogP contribution in [0.4, 0.5) is 0 Å². The summed E-state index contributed by atoms with van der Waals surface area (Å²) in [5, 5.41) is 0. The average Bonchev–Trinajstić information content (AvgIpc) is 1.69. The first-order valence-electron chi connectivity index (χ1n) is 3.12. The second-order valence-corrected chi connectivity index (χ2v) is 3.25. The van der Waals surface area contributed by atoms with E-state index >= 15 is 0 Å². The molecule has 0 fully saturated rings. The Hall–Kier alpha value is 0.430. The quantitative estimate of drug-likeness (QED) is 0.395. The first-order chi connectivity index (χ1) is 3.41. The molecule has 1 heteroatoms. The Morgan fingerprint density at radius 1 is 1.14 bits per heavy atom. The lowest BCUT2D eigenvalue weighted by Gasteiger charge is -1.91. The van der Waals surface area contributed by atoms with Crippen molar-refractivity contribution in [3.8, 4) is 0 Å². The fourth-order valence-electron chi connectivity index (χ4n) is 0.479. The Balaban J connectivity index is 0. The Kier molecular flexibility index (Phi) is 6.82. The van der Waals surface area contributed by atoms with Gasteiger partial charge in [-0.1, -0.05) is 26.7 Å². The molecule has 0 aliphatic heterocycles. The summed E-state index contributed by atoms with van der Waals surface area (Å²) in [5.41, 5.74) is 0. The first-order valence-corrected chi connectivity index (χ1v) is 4.54. The molecule has 0 bridgehead atoms. The third-order valence-electron chi connectivity index (χ3n) is 0.854. The lowest BCUT2D eigenvalue weighted by molar-refractivity contribution is 1.07. The van der Waals surface area contributed by atoms with Crippen molar-refractivity contribution in [3.63, 3.8) is 0 Å². The van der Waals surface area contributed by atoms with Crippen molar-refractivity contribution in [3.05, 3.63) is 0 Å². The summed E-state index contributed by atoms with van der Waals surface area (Å²) in [4.78, 5) is 0. The van der Waals surface area contributed by atoms with Crippen LogP contribution in [0.2, 0.25) is 0 Å². The van der Waals surface area contributed by atoms with E-state index in [1.807, 2.05) is 0 Å². The van der Waals surface area contributed by atoms with Crippen LogP contribution in [0.5, 0.6) is 0 Å². The van der Waals surface area contributed by atoms with Gasteiger partial charge < -0.3 is 0 Å². The van der Waals surface area contributed by atoms with Gasteiger partial charge in [-0.3, -0.25) is 0 Å². The molecule has 0 unspecified atom stereocenters. The van der Waals surface area contributed by atoms with E-state index in [1.165, 1.54) is 33.7 Å². The molecule has 0 amide bonds. The molecule has 0 aliphatic carbocycles. The molecule has 0 N–H and O–H groups in total. The molecule has 0 rings (SSSR count). The SMILES string of the molecule is CCCPCCC.[HH]. The molecular formula is C6H17P. The van der Waals surface area contributed by atoms with Crippen LogP contribution in [-0.4, -0.2) is 12.3 Å². The van der Waals surface area contributed by atoms with Crippen molar-refractivity contribution in [2.24, 2.45) is 0 Å². The maximum atomic E-state index is 2.25. The van der Waals surface area contributed by atoms with Crippen molar-refractivity contribution >= 4 is 8.58 Å². The number of rotatable bonds is 4. The fourth-order valence-corrected chi connectivity index (χ4v) is 1.44. The molecule has 7 heavy (non-hydrogen) atoms. The minimum Gasteiger partial charge on any atom is -0.122 e. The molecule has 0 radical (unpaired) electrons. The van der Waals surface area contributed by atoms with E-state index in [0.29, 0.717) is 0 Å². The summed E-state index contributed by atoms with van der Waals surface area (Å²) in [5.74, 6) is 0. The lowest BCUT2D eigenvalue weighted by Crippen LogP contribution is -1.72. The maximum Gasteiger partial charge on any atom is 0 e. The molecule has 0 aliphatic rings. The summed E-state index contributed by atoms with van der Waals surface area (Å²) >= 11 is 0. The lowest BCUT2D eigenvalue weighted by atomic mass is 10.6. The van der Waals surface area contributed by atoms with Gasteiger partial charge in [0, 0.05) is 1.43 Å². The summed E-state index contributed by atoms with van der Waals surface area (Å²) < 4.78 is 0. The molecule has 0 nitrogen and oxygen atoms in total. The highest BCUT2D eigenvalue weighted by atomic mass is 31.1. The van der Waals surface area contributed by atoms with Crippen LogP contribution in [0.1, 0.15) is 28.1 Å². The van der Waals surface area contributed by atoms with Crippen molar-refractivity contribution in [1.82, 2.24) is 0 Å². The molecule has 0 aromatic carbocycles. The third kappa shape index (κ3) is 6.43. The molecule has 0 spiro atoms. The van der Waals surface area contributed by atoms with Crippen LogP contribution in [0, 0.1) is 0 Å². The molecule has 46 valence electrons. The molecule has 0 saturated heterocycles. The van der Waals surface area contributed by atoms with E-state index in [4.69, 9.17) is 0 Å². The van der Waals surface area contributed by atoms with Crippen molar-refractivity contribution in [1.29, 1.82) is 0 Å². The van der Waals surface area contributed by atoms with Gasteiger partial charge in [-0.05, 0) is 12.3 Å². The molecule has 0 atom stereocenters. The van der Waals surface area contributed by atoms with Gasteiger partial charge in [-0.25, -0.2) is 0 Å². The summed E-state index contributed by atoms with van der Waals surface area (Å²) in [7, 11) is 1.23. The molecule has 0 saturated carbocycles. The topological polar surface area (TPSA) is 0 Å². The Bertz CT molecular complexity index is 27.7. The zero-order valence-electron chi connectivity index (χ0n) is 5.33. The maximum absolute atomic E-state index is 2.25. The minimum absolute atomic E-state index is 0. The Labute approximate surface area is 50.0 Å². The zero-order valence-corrected chi connectivity index (χ0v) is 6.33. The standard InChI is InChI=1S/C6H15P.H2/c1-3-5-7-6-4-2;/h7H,3-6H2,1-2H3;1H. The smallest absolute Gasteiger partial charge is 0 e. The van der Waals surface area contributed by atoms with Gasteiger partial charge in [0.1, 0.15) is 0 Å². The van der Waals surface area contributed by atoms with E-state index in [0.717, 1.165) is 0 Å². The third-order valence-corrected chi connectivity index (χ3v) is 2.56. The van der Waals surface area contributed by atoms with E-state index in [-0.39, 0.29) is 1.43 Å². The highest BCUT2D eigenvalue weighted by Gasteiger charge is 1.79. The van der Waals surface area contributed by atoms with E-state index in [9.17, 15) is 0 Å². The van der Waals surface area contributed by atoms with Gasteiger partial charge in [0.2, 0.25) is 0 Å². The summed E-state index contributed by atoms with van der Waals surface area (Å²) in [6.45, 7) is 4.51. The van der Waals surface area contributed by atoms with Gasteiger partial charge in [0.15, 0.2) is 0 Å². The average molecular weight is 120 g/mol. The van der Waals surface area contributed by atoms with Crippen LogP contribution < -0.4 is 0 Å². The van der Waals surface area contributed by atoms with Gasteiger partial charge in [-0.2, -0.15) is 0 Å². The zero-order chi connectivity index (χ0) is 5.54. The second kappa shape index (κ2) is 6.43. The largest absolute Gasteiger partial charge is 0.122 e. The molecular weight excluding hydrogens is 103 g/mol. The minimum atomic E-state index is 0. The second-order valence-electron chi connectivity index (χ2n) is 1.75. The molecule has 0 aromatic heterocycles. The summed E-state index contributed by atoms with van der Waals surface area (Å²) in [6.07, 6.45) is 5.65. The predicted octanol–water partition coefficient (Wildman–Crippen LogP) is 2.73. The van der Waals surface area contributed by atoms with E-state index in [1.54, 1.807) is 0 Å².